The van der Waals surface area contributed by atoms with Gasteiger partial charge in [-0.25, -0.2) is 8.42 Å². The van der Waals surface area contributed by atoms with Crippen LogP contribution < -0.4 is 5.32 Å². The van der Waals surface area contributed by atoms with Gasteiger partial charge in [0.1, 0.15) is 0 Å². The van der Waals surface area contributed by atoms with E-state index in [1.165, 1.54) is 23.4 Å². The van der Waals surface area contributed by atoms with Gasteiger partial charge >= 0.3 is 0 Å². The number of hydrogen-bond acceptors (Lipinski definition) is 4. The number of ketones is 1. The monoisotopic (exact) mass is 318 g/mol. The maximum absolute atomic E-state index is 12.5. The largest absolute Gasteiger partial charge is 0.312 e. The fourth-order valence-electron chi connectivity index (χ4n) is 2.14. The Kier molecular flexibility index (Phi) is 5.70. The number of nitrogens with one attached hydrogen (secondary N) is 1. The number of benzene rings is 1. The minimum atomic E-state index is -3.51. The Morgan fingerprint density at radius 2 is 2.10 bits per heavy atom. The number of carbonyl (C=O) groups is 1. The maximum Gasteiger partial charge on any atom is 0.243 e. The van der Waals surface area contributed by atoms with E-state index in [4.69, 9.17) is 0 Å². The SMILES string of the molecule is CC(=O)c1cccc(S(=O)(=O)N2CCN[C@H](C)C2)c1.Cl. The number of halogens is 1. The van der Waals surface area contributed by atoms with E-state index in [2.05, 4.69) is 5.32 Å². The average Bonchev–Trinajstić information content (AvgIpc) is 2.39. The smallest absolute Gasteiger partial charge is 0.243 e. The molecule has 0 saturated carbocycles. The molecule has 1 atom stereocenters. The van der Waals surface area contributed by atoms with Gasteiger partial charge in [0.25, 0.3) is 0 Å². The van der Waals surface area contributed by atoms with E-state index < -0.39 is 10.0 Å². The molecule has 5 nitrogen and oxygen atoms in total. The molecule has 1 aliphatic rings. The highest BCUT2D eigenvalue weighted by Gasteiger charge is 2.28. The molecule has 0 spiro atoms. The number of hydrogen-bond donors (Lipinski definition) is 1. The summed E-state index contributed by atoms with van der Waals surface area (Å²) >= 11 is 0. The molecule has 0 bridgehead atoms. The standard InChI is InChI=1S/C13H18N2O3S.ClH/c1-10-9-15(7-6-14-10)19(17,18)13-5-3-4-12(8-13)11(2)16;/h3-5,8,10,14H,6-7,9H2,1-2H3;1H/t10-;/m1./s1. The summed E-state index contributed by atoms with van der Waals surface area (Å²) in [5.74, 6) is -0.134. The number of nitrogens with zero attached hydrogens (tertiary/aromatic N) is 1. The predicted molar refractivity (Wildman–Crippen MR) is 79.9 cm³/mol. The zero-order valence-corrected chi connectivity index (χ0v) is 13.1. The summed E-state index contributed by atoms with van der Waals surface area (Å²) in [6.07, 6.45) is 0. The van der Waals surface area contributed by atoms with E-state index in [1.54, 1.807) is 12.1 Å². The second-order valence-corrected chi connectivity index (χ2v) is 6.74. The second-order valence-electron chi connectivity index (χ2n) is 4.80. The van der Waals surface area contributed by atoms with Gasteiger partial charge in [0, 0.05) is 31.2 Å². The summed E-state index contributed by atoms with van der Waals surface area (Å²) in [6, 6.07) is 6.36. The first-order valence-electron chi connectivity index (χ1n) is 6.26. The van der Waals surface area contributed by atoms with Crippen molar-refractivity contribution in [2.75, 3.05) is 19.6 Å². The molecule has 1 N–H and O–H groups in total. The van der Waals surface area contributed by atoms with Crippen molar-refractivity contribution in [3.05, 3.63) is 29.8 Å². The summed E-state index contributed by atoms with van der Waals surface area (Å²) < 4.78 is 26.5. The number of piperazine rings is 1. The van der Waals surface area contributed by atoms with Gasteiger partial charge < -0.3 is 5.32 Å². The Balaban J connectivity index is 0.00000200. The van der Waals surface area contributed by atoms with Crippen LogP contribution in [0.15, 0.2) is 29.2 Å². The Morgan fingerprint density at radius 3 is 2.70 bits per heavy atom. The molecule has 1 aromatic carbocycles. The number of rotatable bonds is 3. The maximum atomic E-state index is 12.5. The first-order valence-corrected chi connectivity index (χ1v) is 7.70. The van der Waals surface area contributed by atoms with Crippen LogP contribution in [0.2, 0.25) is 0 Å². The molecule has 1 saturated heterocycles. The molecule has 1 fully saturated rings. The van der Waals surface area contributed by atoms with Crippen molar-refractivity contribution in [2.24, 2.45) is 0 Å². The zero-order valence-electron chi connectivity index (χ0n) is 11.5. The summed E-state index contributed by atoms with van der Waals surface area (Å²) in [5, 5.41) is 3.20. The molecule has 0 amide bonds. The Morgan fingerprint density at radius 1 is 1.40 bits per heavy atom. The third kappa shape index (κ3) is 3.58. The lowest BCUT2D eigenvalue weighted by molar-refractivity contribution is 0.101. The molecule has 7 heteroatoms. The first kappa shape index (κ1) is 17.1. The van der Waals surface area contributed by atoms with Crippen LogP contribution in [-0.4, -0.2) is 44.2 Å². The van der Waals surface area contributed by atoms with Crippen molar-refractivity contribution >= 4 is 28.2 Å². The molecular weight excluding hydrogens is 300 g/mol. The fraction of sp³-hybridized carbons (Fsp3) is 0.462. The molecule has 0 aliphatic carbocycles. The molecule has 20 heavy (non-hydrogen) atoms. The number of sulfonamides is 1. The van der Waals surface area contributed by atoms with Crippen LogP contribution in [0.25, 0.3) is 0 Å². The molecule has 0 unspecified atom stereocenters. The molecule has 1 heterocycles. The summed E-state index contributed by atoms with van der Waals surface area (Å²) in [4.78, 5) is 11.5. The van der Waals surface area contributed by atoms with E-state index in [-0.39, 0.29) is 29.1 Å². The highest BCUT2D eigenvalue weighted by Crippen LogP contribution is 2.18. The van der Waals surface area contributed by atoms with Gasteiger partial charge in [-0.05, 0) is 26.0 Å². The van der Waals surface area contributed by atoms with Crippen molar-refractivity contribution in [2.45, 2.75) is 24.8 Å². The van der Waals surface area contributed by atoms with Crippen LogP contribution in [0.1, 0.15) is 24.2 Å². The van der Waals surface area contributed by atoms with Gasteiger partial charge in [-0.1, -0.05) is 12.1 Å². The van der Waals surface area contributed by atoms with Crippen molar-refractivity contribution in [1.29, 1.82) is 0 Å². The third-order valence-electron chi connectivity index (χ3n) is 3.21. The average molecular weight is 319 g/mol. The Labute approximate surface area is 125 Å². The van der Waals surface area contributed by atoms with Gasteiger partial charge in [-0.3, -0.25) is 4.79 Å². The van der Waals surface area contributed by atoms with Crippen molar-refractivity contribution in [3.8, 4) is 0 Å². The van der Waals surface area contributed by atoms with Crippen molar-refractivity contribution in [3.63, 3.8) is 0 Å². The van der Waals surface area contributed by atoms with Crippen LogP contribution in [0, 0.1) is 0 Å². The molecule has 1 aliphatic heterocycles. The zero-order chi connectivity index (χ0) is 14.0. The van der Waals surface area contributed by atoms with E-state index in [9.17, 15) is 13.2 Å². The highest BCUT2D eigenvalue weighted by molar-refractivity contribution is 7.89. The number of Topliss-reactive ketones (excluding diaryl/α,β-unsaturated/α-hetero) is 1. The fourth-order valence-corrected chi connectivity index (χ4v) is 3.72. The molecule has 112 valence electrons. The Bertz CT molecular complexity index is 589. The molecule has 1 aromatic rings. The van der Waals surface area contributed by atoms with Crippen LogP contribution in [-0.2, 0) is 10.0 Å². The van der Waals surface area contributed by atoms with E-state index in [1.807, 2.05) is 6.92 Å². The lowest BCUT2D eigenvalue weighted by Gasteiger charge is -2.31. The molecule has 0 radical (unpaired) electrons. The van der Waals surface area contributed by atoms with Crippen LogP contribution in [0.4, 0.5) is 0 Å². The topological polar surface area (TPSA) is 66.5 Å². The minimum absolute atomic E-state index is 0. The van der Waals surface area contributed by atoms with Crippen molar-refractivity contribution < 1.29 is 13.2 Å². The van der Waals surface area contributed by atoms with Gasteiger partial charge in [0.05, 0.1) is 4.90 Å². The lowest BCUT2D eigenvalue weighted by atomic mass is 10.2. The predicted octanol–water partition coefficient (Wildman–Crippen LogP) is 1.29. The minimum Gasteiger partial charge on any atom is -0.312 e. The van der Waals surface area contributed by atoms with E-state index in [0.717, 1.165) is 0 Å². The van der Waals surface area contributed by atoms with Crippen LogP contribution >= 0.6 is 12.4 Å². The van der Waals surface area contributed by atoms with Crippen LogP contribution in [0.3, 0.4) is 0 Å². The van der Waals surface area contributed by atoms with Crippen LogP contribution in [0.5, 0.6) is 0 Å². The Hall–Kier alpha value is -0.950. The van der Waals surface area contributed by atoms with Gasteiger partial charge in [-0.15, -0.1) is 12.4 Å². The van der Waals surface area contributed by atoms with E-state index >= 15 is 0 Å². The second kappa shape index (κ2) is 6.67. The third-order valence-corrected chi connectivity index (χ3v) is 5.07. The molecule has 2 rings (SSSR count). The van der Waals surface area contributed by atoms with Gasteiger partial charge in [0.2, 0.25) is 10.0 Å². The first-order chi connectivity index (χ1) is 8.91. The van der Waals surface area contributed by atoms with E-state index in [0.29, 0.717) is 25.2 Å². The summed E-state index contributed by atoms with van der Waals surface area (Å²) in [5.41, 5.74) is 0.421. The van der Waals surface area contributed by atoms with Gasteiger partial charge in [0.15, 0.2) is 5.78 Å². The summed E-state index contributed by atoms with van der Waals surface area (Å²) in [6.45, 7) is 4.93. The number of carbonyl (C=O) groups excluding carboxylic acids is 1. The lowest BCUT2D eigenvalue weighted by Crippen LogP contribution is -2.51. The quantitative estimate of drug-likeness (QED) is 0.853. The molecule has 0 aromatic heterocycles. The summed E-state index contributed by atoms with van der Waals surface area (Å²) in [7, 11) is -3.51. The molecular formula is C13H19ClN2O3S. The normalized spacial score (nSPS) is 20.2. The van der Waals surface area contributed by atoms with Crippen molar-refractivity contribution in [1.82, 2.24) is 9.62 Å². The van der Waals surface area contributed by atoms with Gasteiger partial charge in [-0.2, -0.15) is 4.31 Å². The highest BCUT2D eigenvalue weighted by atomic mass is 35.5.